The summed E-state index contributed by atoms with van der Waals surface area (Å²) in [6.45, 7) is 15.8. The summed E-state index contributed by atoms with van der Waals surface area (Å²) in [5, 5.41) is 20.6. The van der Waals surface area contributed by atoms with Gasteiger partial charge in [-0.15, -0.1) is 0 Å². The molecule has 0 aliphatic heterocycles. The molecule has 0 spiro atoms. The minimum Gasteiger partial charge on any atom is -0.365 e. The van der Waals surface area contributed by atoms with Crippen LogP contribution in [-0.4, -0.2) is 16.0 Å². The molecular weight excluding hydrogens is 188 g/mol. The molecule has 0 fully saturated rings. The number of aliphatic hydroxyl groups is 2. The average Bonchev–Trinajstić information content (AvgIpc) is 1.77. The quantitative estimate of drug-likeness (QED) is 0.696. The lowest BCUT2D eigenvalue weighted by Crippen LogP contribution is -2.55. The zero-order chi connectivity index (χ0) is 12.7. The van der Waals surface area contributed by atoms with Crippen LogP contribution in [0.25, 0.3) is 0 Å². The predicted molar refractivity (Wildman–Crippen MR) is 64.5 cm³/mol. The van der Waals surface area contributed by atoms with Gasteiger partial charge < -0.3 is 10.2 Å². The van der Waals surface area contributed by atoms with Crippen LogP contribution in [0.3, 0.4) is 0 Å². The van der Waals surface area contributed by atoms with E-state index in [4.69, 9.17) is 0 Å². The van der Waals surface area contributed by atoms with Gasteiger partial charge >= 0.3 is 0 Å². The first-order valence-corrected chi connectivity index (χ1v) is 5.65. The first kappa shape index (κ1) is 14.9. The first-order chi connectivity index (χ1) is 6.21. The van der Waals surface area contributed by atoms with Gasteiger partial charge in [0.15, 0.2) is 5.79 Å². The molecule has 2 heteroatoms. The van der Waals surface area contributed by atoms with Gasteiger partial charge in [0, 0.05) is 10.8 Å². The highest BCUT2D eigenvalue weighted by atomic mass is 16.5. The molecule has 92 valence electrons. The lowest BCUT2D eigenvalue weighted by atomic mass is 9.64. The Balaban J connectivity index is 5.03. The van der Waals surface area contributed by atoms with E-state index in [0.717, 1.165) is 6.42 Å². The molecule has 0 saturated carbocycles. The molecule has 0 aromatic rings. The smallest absolute Gasteiger partial charge is 0.172 e. The molecule has 0 unspecified atom stereocenters. The van der Waals surface area contributed by atoms with Crippen LogP contribution in [0.15, 0.2) is 0 Å². The Labute approximate surface area is 94.7 Å². The zero-order valence-electron chi connectivity index (χ0n) is 11.6. The summed E-state index contributed by atoms with van der Waals surface area (Å²) in [6, 6.07) is 0. The molecule has 2 N–H and O–H groups in total. The SMILES string of the molecule is CC(C)(C)CC(C)(C)C(O)(O)C(C)(C)C. The summed E-state index contributed by atoms with van der Waals surface area (Å²) in [6.07, 6.45) is 0.768. The van der Waals surface area contributed by atoms with E-state index in [2.05, 4.69) is 20.8 Å². The number of rotatable bonds is 2. The van der Waals surface area contributed by atoms with Crippen LogP contribution in [-0.2, 0) is 0 Å². The number of hydrogen-bond donors (Lipinski definition) is 2. The van der Waals surface area contributed by atoms with E-state index in [0.29, 0.717) is 0 Å². The molecule has 0 saturated heterocycles. The normalized spacial score (nSPS) is 15.6. The summed E-state index contributed by atoms with van der Waals surface area (Å²) >= 11 is 0. The van der Waals surface area contributed by atoms with Gasteiger partial charge in [0.25, 0.3) is 0 Å². The molecule has 0 amide bonds. The maximum absolute atomic E-state index is 10.3. The molecule has 0 aromatic carbocycles. The molecular formula is C13H28O2. The summed E-state index contributed by atoms with van der Waals surface area (Å²) in [5.74, 6) is -1.66. The Bertz CT molecular complexity index is 214. The average molecular weight is 216 g/mol. The maximum Gasteiger partial charge on any atom is 0.172 e. The van der Waals surface area contributed by atoms with E-state index < -0.39 is 16.6 Å². The van der Waals surface area contributed by atoms with Gasteiger partial charge in [0.05, 0.1) is 0 Å². The summed E-state index contributed by atoms with van der Waals surface area (Å²) in [7, 11) is 0. The van der Waals surface area contributed by atoms with Crippen molar-refractivity contribution in [2.75, 3.05) is 0 Å². The minimum absolute atomic E-state index is 0.0888. The van der Waals surface area contributed by atoms with Crippen molar-refractivity contribution in [1.82, 2.24) is 0 Å². The van der Waals surface area contributed by atoms with Crippen LogP contribution in [0.5, 0.6) is 0 Å². The van der Waals surface area contributed by atoms with Crippen LogP contribution in [0.2, 0.25) is 0 Å². The second-order valence-electron chi connectivity index (χ2n) is 7.54. The fourth-order valence-electron chi connectivity index (χ4n) is 2.46. The lowest BCUT2D eigenvalue weighted by molar-refractivity contribution is -0.296. The van der Waals surface area contributed by atoms with E-state index in [1.165, 1.54) is 0 Å². The Hall–Kier alpha value is -0.0800. The van der Waals surface area contributed by atoms with Crippen molar-refractivity contribution in [1.29, 1.82) is 0 Å². The Morgan fingerprint density at radius 3 is 1.27 bits per heavy atom. The van der Waals surface area contributed by atoms with Gasteiger partial charge in [-0.3, -0.25) is 0 Å². The van der Waals surface area contributed by atoms with Crippen LogP contribution in [0, 0.1) is 16.2 Å². The maximum atomic E-state index is 10.3. The van der Waals surface area contributed by atoms with E-state index in [-0.39, 0.29) is 5.41 Å². The molecule has 0 bridgehead atoms. The van der Waals surface area contributed by atoms with Crippen molar-refractivity contribution in [3.63, 3.8) is 0 Å². The lowest BCUT2D eigenvalue weighted by Gasteiger charge is -2.49. The fraction of sp³-hybridized carbons (Fsp3) is 1.00. The second-order valence-corrected chi connectivity index (χ2v) is 7.54. The van der Waals surface area contributed by atoms with Crippen LogP contribution >= 0.6 is 0 Å². The third kappa shape index (κ3) is 3.46. The van der Waals surface area contributed by atoms with Gasteiger partial charge in [0.2, 0.25) is 0 Å². The van der Waals surface area contributed by atoms with Crippen LogP contribution < -0.4 is 0 Å². The first-order valence-electron chi connectivity index (χ1n) is 5.65. The Kier molecular flexibility index (Phi) is 3.72. The highest BCUT2D eigenvalue weighted by molar-refractivity contribution is 4.94. The zero-order valence-corrected chi connectivity index (χ0v) is 11.6. The van der Waals surface area contributed by atoms with E-state index in [9.17, 15) is 10.2 Å². The largest absolute Gasteiger partial charge is 0.365 e. The molecule has 0 aliphatic rings. The molecule has 0 rings (SSSR count). The van der Waals surface area contributed by atoms with Crippen molar-refractivity contribution >= 4 is 0 Å². The third-order valence-electron chi connectivity index (χ3n) is 2.96. The fourth-order valence-corrected chi connectivity index (χ4v) is 2.46. The highest BCUT2D eigenvalue weighted by Crippen LogP contribution is 2.47. The summed E-state index contributed by atoms with van der Waals surface area (Å²) in [5.41, 5.74) is -0.975. The minimum atomic E-state index is -1.66. The predicted octanol–water partition coefficient (Wildman–Crippen LogP) is 3.18. The van der Waals surface area contributed by atoms with Crippen LogP contribution in [0.4, 0.5) is 0 Å². The molecule has 0 heterocycles. The van der Waals surface area contributed by atoms with Crippen molar-refractivity contribution < 1.29 is 10.2 Å². The molecule has 15 heavy (non-hydrogen) atoms. The van der Waals surface area contributed by atoms with E-state index >= 15 is 0 Å². The van der Waals surface area contributed by atoms with Gasteiger partial charge in [-0.2, -0.15) is 0 Å². The van der Waals surface area contributed by atoms with Gasteiger partial charge in [-0.25, -0.2) is 0 Å². The van der Waals surface area contributed by atoms with E-state index in [1.807, 2.05) is 34.6 Å². The molecule has 0 atom stereocenters. The van der Waals surface area contributed by atoms with Crippen LogP contribution in [0.1, 0.15) is 61.8 Å². The standard InChI is InChI=1S/C13H28O2/c1-10(2,3)9-12(7,8)13(14,15)11(4,5)6/h14-15H,9H2,1-8H3. The van der Waals surface area contributed by atoms with Crippen molar-refractivity contribution in [2.24, 2.45) is 16.2 Å². The molecule has 0 radical (unpaired) electrons. The topological polar surface area (TPSA) is 40.5 Å². The van der Waals surface area contributed by atoms with Crippen molar-refractivity contribution in [3.05, 3.63) is 0 Å². The summed E-state index contributed by atoms with van der Waals surface area (Å²) < 4.78 is 0. The molecule has 0 aromatic heterocycles. The molecule has 2 nitrogen and oxygen atoms in total. The highest BCUT2D eigenvalue weighted by Gasteiger charge is 2.51. The monoisotopic (exact) mass is 216 g/mol. The van der Waals surface area contributed by atoms with Gasteiger partial charge in [-0.1, -0.05) is 55.4 Å². The summed E-state index contributed by atoms with van der Waals surface area (Å²) in [4.78, 5) is 0. The molecule has 0 aliphatic carbocycles. The van der Waals surface area contributed by atoms with E-state index in [1.54, 1.807) is 0 Å². The van der Waals surface area contributed by atoms with Gasteiger partial charge in [-0.05, 0) is 11.8 Å². The third-order valence-corrected chi connectivity index (χ3v) is 2.96. The van der Waals surface area contributed by atoms with Crippen molar-refractivity contribution in [3.8, 4) is 0 Å². The van der Waals surface area contributed by atoms with Gasteiger partial charge in [0.1, 0.15) is 0 Å². The Morgan fingerprint density at radius 1 is 0.733 bits per heavy atom. The van der Waals surface area contributed by atoms with Crippen molar-refractivity contribution in [2.45, 2.75) is 67.6 Å². The second kappa shape index (κ2) is 3.74. The number of hydrogen-bond acceptors (Lipinski definition) is 2. The Morgan fingerprint density at radius 2 is 1.07 bits per heavy atom.